The lowest BCUT2D eigenvalue weighted by Gasteiger charge is -1.97. The highest BCUT2D eigenvalue weighted by molar-refractivity contribution is 5.02. The minimum Gasteiger partial charge on any atom is -0.385 e. The second-order valence-corrected chi connectivity index (χ2v) is 3.19. The summed E-state index contributed by atoms with van der Waals surface area (Å²) >= 11 is 0. The lowest BCUT2D eigenvalue weighted by Crippen LogP contribution is -1.97. The Hall–Kier alpha value is -0.900. The third kappa shape index (κ3) is 1.34. The van der Waals surface area contributed by atoms with Crippen LogP contribution in [0, 0.1) is 0 Å². The molecule has 0 aromatic carbocycles. The minimum absolute atomic E-state index is 0.430. The predicted molar refractivity (Wildman–Crippen MR) is 41.5 cm³/mol. The van der Waals surface area contributed by atoms with E-state index >= 15 is 0 Å². The topological polar surface area (TPSA) is 59.2 Å². The molecule has 1 fully saturated rings. The molecule has 1 atom stereocenters. The highest BCUT2D eigenvalue weighted by atomic mass is 16.5. The zero-order chi connectivity index (χ0) is 8.55. The molecule has 66 valence electrons. The number of aliphatic hydroxyl groups excluding tert-OH is 1. The van der Waals surface area contributed by atoms with Gasteiger partial charge < -0.3 is 9.63 Å². The molecule has 1 aliphatic rings. The van der Waals surface area contributed by atoms with Gasteiger partial charge in [0, 0.05) is 5.92 Å². The summed E-state index contributed by atoms with van der Waals surface area (Å²) in [5.41, 5.74) is 0. The largest absolute Gasteiger partial charge is 0.385 e. The number of hydrogen-bond acceptors (Lipinski definition) is 4. The monoisotopic (exact) mass is 168 g/mol. The number of hydrogen-bond donors (Lipinski definition) is 1. The van der Waals surface area contributed by atoms with Gasteiger partial charge in [-0.15, -0.1) is 0 Å². The van der Waals surface area contributed by atoms with Gasteiger partial charge in [0.15, 0.2) is 5.82 Å². The van der Waals surface area contributed by atoms with Gasteiger partial charge in [-0.2, -0.15) is 4.98 Å². The second kappa shape index (κ2) is 2.86. The highest BCUT2D eigenvalue weighted by Gasteiger charge is 2.30. The highest BCUT2D eigenvalue weighted by Crippen LogP contribution is 2.39. The Balaban J connectivity index is 2.12. The molecule has 0 amide bonds. The van der Waals surface area contributed by atoms with Crippen molar-refractivity contribution in [3.63, 3.8) is 0 Å². The van der Waals surface area contributed by atoms with Gasteiger partial charge in [0.25, 0.3) is 0 Å². The molecule has 4 heteroatoms. The Morgan fingerprint density at radius 1 is 1.67 bits per heavy atom. The predicted octanol–water partition coefficient (Wildman–Crippen LogP) is 1.39. The molecule has 0 saturated heterocycles. The number of aromatic nitrogens is 2. The molecule has 0 spiro atoms. The van der Waals surface area contributed by atoms with Gasteiger partial charge >= 0.3 is 0 Å². The van der Waals surface area contributed by atoms with E-state index in [0.29, 0.717) is 24.1 Å². The first kappa shape index (κ1) is 7.73. The second-order valence-electron chi connectivity index (χ2n) is 3.19. The average Bonchev–Trinajstić information content (AvgIpc) is 2.83. The fraction of sp³-hybridized carbons (Fsp3) is 0.750. The smallest absolute Gasteiger partial charge is 0.229 e. The Labute approximate surface area is 70.6 Å². The molecule has 1 N–H and O–H groups in total. The van der Waals surface area contributed by atoms with E-state index in [4.69, 9.17) is 4.52 Å². The maximum atomic E-state index is 9.36. The van der Waals surface area contributed by atoms with Crippen molar-refractivity contribution < 1.29 is 9.63 Å². The first-order chi connectivity index (χ1) is 5.81. The summed E-state index contributed by atoms with van der Waals surface area (Å²) in [6, 6.07) is 0. The van der Waals surface area contributed by atoms with Crippen LogP contribution in [-0.2, 0) is 0 Å². The Kier molecular flexibility index (Phi) is 1.84. The van der Waals surface area contributed by atoms with Crippen LogP contribution in [-0.4, -0.2) is 15.2 Å². The molecule has 0 radical (unpaired) electrons. The SMILES string of the molecule is CCC(O)c1noc(C2CC2)n1. The molecular formula is C8H12N2O2. The fourth-order valence-electron chi connectivity index (χ4n) is 1.06. The van der Waals surface area contributed by atoms with Gasteiger partial charge in [0.2, 0.25) is 5.89 Å². The third-order valence-electron chi connectivity index (χ3n) is 2.07. The average molecular weight is 168 g/mol. The summed E-state index contributed by atoms with van der Waals surface area (Å²) in [6.07, 6.45) is 2.35. The zero-order valence-electron chi connectivity index (χ0n) is 7.03. The van der Waals surface area contributed by atoms with Crippen LogP contribution in [0.1, 0.15) is 49.9 Å². The molecule has 2 rings (SSSR count). The normalized spacial score (nSPS) is 19.5. The van der Waals surface area contributed by atoms with Crippen LogP contribution >= 0.6 is 0 Å². The van der Waals surface area contributed by atoms with Crippen molar-refractivity contribution in [2.75, 3.05) is 0 Å². The molecule has 4 nitrogen and oxygen atoms in total. The maximum absolute atomic E-state index is 9.36. The molecule has 0 aliphatic heterocycles. The molecular weight excluding hydrogens is 156 g/mol. The Bertz CT molecular complexity index is 268. The third-order valence-corrected chi connectivity index (χ3v) is 2.07. The minimum atomic E-state index is -0.568. The molecule has 1 saturated carbocycles. The first-order valence-corrected chi connectivity index (χ1v) is 4.32. The maximum Gasteiger partial charge on any atom is 0.229 e. The molecule has 1 aromatic rings. The summed E-state index contributed by atoms with van der Waals surface area (Å²) in [5.74, 6) is 1.59. The van der Waals surface area contributed by atoms with E-state index in [2.05, 4.69) is 10.1 Å². The molecule has 1 aromatic heterocycles. The lowest BCUT2D eigenvalue weighted by atomic mass is 10.3. The van der Waals surface area contributed by atoms with Crippen LogP contribution in [0.5, 0.6) is 0 Å². The molecule has 12 heavy (non-hydrogen) atoms. The zero-order valence-corrected chi connectivity index (χ0v) is 7.03. The van der Waals surface area contributed by atoms with Crippen molar-refractivity contribution in [1.29, 1.82) is 0 Å². The van der Waals surface area contributed by atoms with Crippen molar-refractivity contribution in [1.82, 2.24) is 10.1 Å². The van der Waals surface area contributed by atoms with E-state index < -0.39 is 6.10 Å². The standard InChI is InChI=1S/C8H12N2O2/c1-2-6(11)7-9-8(12-10-7)5-3-4-5/h5-6,11H,2-4H2,1H3. The van der Waals surface area contributed by atoms with Crippen LogP contribution < -0.4 is 0 Å². The van der Waals surface area contributed by atoms with Gasteiger partial charge in [-0.1, -0.05) is 12.1 Å². The van der Waals surface area contributed by atoms with Crippen molar-refractivity contribution in [3.05, 3.63) is 11.7 Å². The summed E-state index contributed by atoms with van der Waals surface area (Å²) in [4.78, 5) is 4.12. The van der Waals surface area contributed by atoms with Crippen molar-refractivity contribution in [2.24, 2.45) is 0 Å². The van der Waals surface area contributed by atoms with E-state index in [1.54, 1.807) is 0 Å². The van der Waals surface area contributed by atoms with E-state index in [0.717, 1.165) is 12.8 Å². The van der Waals surface area contributed by atoms with Gasteiger partial charge in [0.1, 0.15) is 6.10 Å². The number of rotatable bonds is 3. The molecule has 1 aliphatic carbocycles. The molecule has 1 unspecified atom stereocenters. The number of nitrogens with zero attached hydrogens (tertiary/aromatic N) is 2. The van der Waals surface area contributed by atoms with Gasteiger partial charge in [-0.25, -0.2) is 0 Å². The van der Waals surface area contributed by atoms with E-state index in [1.165, 1.54) is 0 Å². The van der Waals surface area contributed by atoms with Gasteiger partial charge in [-0.05, 0) is 19.3 Å². The van der Waals surface area contributed by atoms with Gasteiger partial charge in [-0.3, -0.25) is 0 Å². The van der Waals surface area contributed by atoms with Crippen LogP contribution in [0.25, 0.3) is 0 Å². The van der Waals surface area contributed by atoms with Crippen molar-refractivity contribution in [2.45, 2.75) is 38.2 Å². The first-order valence-electron chi connectivity index (χ1n) is 4.32. The van der Waals surface area contributed by atoms with E-state index in [-0.39, 0.29) is 0 Å². The number of aliphatic hydroxyl groups is 1. The molecule has 1 heterocycles. The van der Waals surface area contributed by atoms with E-state index in [1.807, 2.05) is 6.92 Å². The van der Waals surface area contributed by atoms with Crippen LogP contribution in [0.4, 0.5) is 0 Å². The van der Waals surface area contributed by atoms with E-state index in [9.17, 15) is 5.11 Å². The Morgan fingerprint density at radius 3 is 3.00 bits per heavy atom. The quantitative estimate of drug-likeness (QED) is 0.740. The molecule has 0 bridgehead atoms. The van der Waals surface area contributed by atoms with Gasteiger partial charge in [0.05, 0.1) is 0 Å². The van der Waals surface area contributed by atoms with Crippen molar-refractivity contribution >= 4 is 0 Å². The summed E-state index contributed by atoms with van der Waals surface area (Å²) in [5, 5.41) is 13.1. The summed E-state index contributed by atoms with van der Waals surface area (Å²) in [7, 11) is 0. The summed E-state index contributed by atoms with van der Waals surface area (Å²) in [6.45, 7) is 1.89. The lowest BCUT2D eigenvalue weighted by molar-refractivity contribution is 0.159. The summed E-state index contributed by atoms with van der Waals surface area (Å²) < 4.78 is 4.99. The van der Waals surface area contributed by atoms with Crippen LogP contribution in [0.3, 0.4) is 0 Å². The van der Waals surface area contributed by atoms with Crippen LogP contribution in [0.15, 0.2) is 4.52 Å². The Morgan fingerprint density at radius 2 is 2.42 bits per heavy atom. The van der Waals surface area contributed by atoms with Crippen LogP contribution in [0.2, 0.25) is 0 Å². The fourth-order valence-corrected chi connectivity index (χ4v) is 1.06. The van der Waals surface area contributed by atoms with Crippen molar-refractivity contribution in [3.8, 4) is 0 Å².